The van der Waals surface area contributed by atoms with Crippen LogP contribution in [-0.4, -0.2) is 28.0 Å². The summed E-state index contributed by atoms with van der Waals surface area (Å²) in [5.74, 6) is 0.575. The van der Waals surface area contributed by atoms with Crippen molar-refractivity contribution in [1.82, 2.24) is 14.9 Å². The second-order valence-electron chi connectivity index (χ2n) is 9.01. The number of nitrogens with zero attached hydrogens (tertiary/aromatic N) is 3. The summed E-state index contributed by atoms with van der Waals surface area (Å²) >= 11 is 12.3. The van der Waals surface area contributed by atoms with Crippen molar-refractivity contribution in [3.63, 3.8) is 0 Å². The summed E-state index contributed by atoms with van der Waals surface area (Å²) < 4.78 is 0. The Morgan fingerprint density at radius 2 is 1.44 bits per heavy atom. The van der Waals surface area contributed by atoms with Gasteiger partial charge in [-0.1, -0.05) is 77.8 Å². The van der Waals surface area contributed by atoms with Crippen LogP contribution in [0.4, 0.5) is 0 Å². The van der Waals surface area contributed by atoms with E-state index in [2.05, 4.69) is 35.2 Å². The molecule has 0 radical (unpaired) electrons. The van der Waals surface area contributed by atoms with Gasteiger partial charge in [0.2, 0.25) is 0 Å². The molecule has 1 aliphatic rings. The lowest BCUT2D eigenvalue weighted by molar-refractivity contribution is 0.166. The molecule has 0 amide bonds. The minimum Gasteiger partial charge on any atom is -0.299 e. The molecule has 0 N–H and O–H groups in total. The minimum atomic E-state index is 0.575. The van der Waals surface area contributed by atoms with Crippen molar-refractivity contribution in [1.29, 1.82) is 0 Å². The highest BCUT2D eigenvalue weighted by molar-refractivity contribution is 6.31. The van der Waals surface area contributed by atoms with E-state index in [1.165, 1.54) is 18.4 Å². The molecular weight excluding hydrogens is 461 g/mol. The van der Waals surface area contributed by atoms with Gasteiger partial charge < -0.3 is 0 Å². The van der Waals surface area contributed by atoms with E-state index >= 15 is 0 Å². The predicted molar refractivity (Wildman–Crippen MR) is 141 cm³/mol. The van der Waals surface area contributed by atoms with Crippen molar-refractivity contribution in [3.8, 4) is 22.5 Å². The Balaban J connectivity index is 1.39. The fourth-order valence-electron chi connectivity index (χ4n) is 4.75. The van der Waals surface area contributed by atoms with Crippen molar-refractivity contribution >= 4 is 23.2 Å². The maximum atomic E-state index is 6.15. The monoisotopic (exact) mass is 487 g/mol. The second kappa shape index (κ2) is 10.7. The fourth-order valence-corrected chi connectivity index (χ4v) is 5.00. The third kappa shape index (κ3) is 5.67. The quantitative estimate of drug-likeness (QED) is 0.280. The molecular formula is C29H27Cl2N3. The second-order valence-corrected chi connectivity index (χ2v) is 9.88. The van der Waals surface area contributed by atoms with Gasteiger partial charge in [-0.2, -0.15) is 0 Å². The molecule has 172 valence electrons. The molecule has 5 rings (SSSR count). The van der Waals surface area contributed by atoms with Gasteiger partial charge in [0.05, 0.1) is 17.1 Å². The Morgan fingerprint density at radius 1 is 0.794 bits per heavy atom. The van der Waals surface area contributed by atoms with Crippen LogP contribution in [0, 0.1) is 5.92 Å². The first kappa shape index (κ1) is 23.0. The maximum Gasteiger partial charge on any atom is 0.0968 e. The Labute approximate surface area is 211 Å². The summed E-state index contributed by atoms with van der Waals surface area (Å²) in [5, 5.41) is 1.42. The number of halogens is 2. The van der Waals surface area contributed by atoms with Gasteiger partial charge >= 0.3 is 0 Å². The summed E-state index contributed by atoms with van der Waals surface area (Å²) in [5.41, 5.74) is 6.16. The number of aromatic nitrogens is 2. The van der Waals surface area contributed by atoms with Crippen LogP contribution in [0.15, 0.2) is 85.1 Å². The molecule has 1 unspecified atom stereocenters. The molecule has 0 saturated carbocycles. The van der Waals surface area contributed by atoms with Gasteiger partial charge in [-0.15, -0.1) is 0 Å². The third-order valence-electron chi connectivity index (χ3n) is 6.41. The average Bonchev–Trinajstić information content (AvgIpc) is 2.86. The van der Waals surface area contributed by atoms with Crippen molar-refractivity contribution in [3.05, 3.63) is 106 Å². The lowest BCUT2D eigenvalue weighted by atomic mass is 9.93. The van der Waals surface area contributed by atoms with Crippen LogP contribution in [0.3, 0.4) is 0 Å². The lowest BCUT2D eigenvalue weighted by Gasteiger charge is -2.32. The van der Waals surface area contributed by atoms with Gasteiger partial charge in [0, 0.05) is 40.5 Å². The van der Waals surface area contributed by atoms with Crippen molar-refractivity contribution in [2.75, 3.05) is 13.1 Å². The van der Waals surface area contributed by atoms with Gasteiger partial charge in [-0.05, 0) is 61.6 Å². The summed E-state index contributed by atoms with van der Waals surface area (Å²) in [7, 11) is 0. The SMILES string of the molecule is Clc1ccc(-c2ncc(CC3CCCN(Cc4ccccc4)C3)nc2-c2ccc(Cl)cc2)cc1. The molecule has 0 spiro atoms. The van der Waals surface area contributed by atoms with E-state index in [0.29, 0.717) is 16.0 Å². The van der Waals surface area contributed by atoms with Gasteiger partial charge in [-0.25, -0.2) is 4.98 Å². The summed E-state index contributed by atoms with van der Waals surface area (Å²) in [6, 6.07) is 26.3. The van der Waals surface area contributed by atoms with Gasteiger partial charge in [-0.3, -0.25) is 9.88 Å². The maximum absolute atomic E-state index is 6.15. The molecule has 1 aliphatic heterocycles. The standard InChI is InChI=1S/C29H27Cl2N3/c30-25-12-8-23(9-13-25)28-29(24-10-14-26(31)15-11-24)33-27(18-32-28)17-22-7-4-16-34(20-22)19-21-5-2-1-3-6-21/h1-3,5-6,8-15,18,22H,4,7,16-17,19-20H2. The summed E-state index contributed by atoms with van der Waals surface area (Å²) in [4.78, 5) is 12.6. The largest absolute Gasteiger partial charge is 0.299 e. The number of piperidine rings is 1. The van der Waals surface area contributed by atoms with Crippen LogP contribution < -0.4 is 0 Å². The highest BCUT2D eigenvalue weighted by Gasteiger charge is 2.22. The number of hydrogen-bond acceptors (Lipinski definition) is 3. The number of likely N-dealkylation sites (tertiary alicyclic amines) is 1. The zero-order valence-electron chi connectivity index (χ0n) is 19.0. The Kier molecular flexibility index (Phi) is 7.24. The fraction of sp³-hybridized carbons (Fsp3) is 0.241. The molecule has 34 heavy (non-hydrogen) atoms. The molecule has 0 bridgehead atoms. The van der Waals surface area contributed by atoms with E-state index in [0.717, 1.165) is 54.3 Å². The summed E-state index contributed by atoms with van der Waals surface area (Å²) in [6.45, 7) is 3.25. The van der Waals surface area contributed by atoms with Crippen molar-refractivity contribution in [2.24, 2.45) is 5.92 Å². The Morgan fingerprint density at radius 3 is 2.12 bits per heavy atom. The first-order valence-corrected chi connectivity index (χ1v) is 12.5. The van der Waals surface area contributed by atoms with E-state index in [1.807, 2.05) is 54.7 Å². The van der Waals surface area contributed by atoms with E-state index in [9.17, 15) is 0 Å². The Hall–Kier alpha value is -2.72. The molecule has 1 aromatic heterocycles. The molecule has 3 nitrogen and oxygen atoms in total. The zero-order valence-corrected chi connectivity index (χ0v) is 20.5. The number of hydrogen-bond donors (Lipinski definition) is 0. The molecule has 2 heterocycles. The summed E-state index contributed by atoms with van der Waals surface area (Å²) in [6.07, 6.45) is 5.32. The van der Waals surface area contributed by atoms with E-state index in [-0.39, 0.29) is 0 Å². The number of benzene rings is 3. The number of rotatable bonds is 6. The highest BCUT2D eigenvalue weighted by Crippen LogP contribution is 2.31. The molecule has 0 aliphatic carbocycles. The molecule has 4 aromatic rings. The highest BCUT2D eigenvalue weighted by atomic mass is 35.5. The van der Waals surface area contributed by atoms with E-state index < -0.39 is 0 Å². The molecule has 3 aromatic carbocycles. The van der Waals surface area contributed by atoms with E-state index in [1.54, 1.807) is 0 Å². The molecule has 5 heteroatoms. The zero-order chi connectivity index (χ0) is 23.3. The van der Waals surface area contributed by atoms with Crippen LogP contribution in [0.5, 0.6) is 0 Å². The van der Waals surface area contributed by atoms with Crippen LogP contribution in [-0.2, 0) is 13.0 Å². The topological polar surface area (TPSA) is 29.0 Å². The van der Waals surface area contributed by atoms with Gasteiger partial charge in [0.25, 0.3) is 0 Å². The molecule has 1 fully saturated rings. The van der Waals surface area contributed by atoms with Gasteiger partial charge in [0.1, 0.15) is 0 Å². The third-order valence-corrected chi connectivity index (χ3v) is 6.91. The Bertz CT molecular complexity index is 1220. The van der Waals surface area contributed by atoms with Crippen LogP contribution in [0.25, 0.3) is 22.5 Å². The van der Waals surface area contributed by atoms with Crippen LogP contribution >= 0.6 is 23.2 Å². The molecule has 1 atom stereocenters. The molecule has 1 saturated heterocycles. The smallest absolute Gasteiger partial charge is 0.0968 e. The van der Waals surface area contributed by atoms with Crippen molar-refractivity contribution < 1.29 is 0 Å². The van der Waals surface area contributed by atoms with Gasteiger partial charge in [0.15, 0.2) is 0 Å². The van der Waals surface area contributed by atoms with Crippen LogP contribution in [0.2, 0.25) is 10.0 Å². The van der Waals surface area contributed by atoms with Crippen LogP contribution in [0.1, 0.15) is 24.1 Å². The first-order valence-electron chi connectivity index (χ1n) is 11.8. The normalized spacial score (nSPS) is 16.5. The first-order chi connectivity index (χ1) is 16.6. The van der Waals surface area contributed by atoms with E-state index in [4.69, 9.17) is 33.2 Å². The average molecular weight is 488 g/mol. The predicted octanol–water partition coefficient (Wildman–Crippen LogP) is 7.57. The lowest BCUT2D eigenvalue weighted by Crippen LogP contribution is -2.35. The minimum absolute atomic E-state index is 0.575. The van der Waals surface area contributed by atoms with Crippen molar-refractivity contribution in [2.45, 2.75) is 25.8 Å².